The lowest BCUT2D eigenvalue weighted by atomic mass is 9.97. The van der Waals surface area contributed by atoms with Gasteiger partial charge in [-0.3, -0.25) is 0 Å². The molecule has 0 spiro atoms. The van der Waals surface area contributed by atoms with Crippen LogP contribution in [0, 0.1) is 0 Å². The van der Waals surface area contributed by atoms with Crippen molar-refractivity contribution in [1.29, 1.82) is 0 Å². The molecule has 0 saturated heterocycles. The number of nitrogens with zero attached hydrogens (tertiary/aromatic N) is 1. The van der Waals surface area contributed by atoms with Gasteiger partial charge in [-0.05, 0) is 37.5 Å². The third-order valence-corrected chi connectivity index (χ3v) is 5.60. The van der Waals surface area contributed by atoms with Crippen LogP contribution in [0.15, 0.2) is 0 Å². The Morgan fingerprint density at radius 3 is 3.06 bits per heavy atom. The van der Waals surface area contributed by atoms with E-state index >= 15 is 0 Å². The first-order chi connectivity index (χ1) is 8.70. The fourth-order valence-corrected chi connectivity index (χ4v) is 4.23. The first kappa shape index (κ1) is 14.4. The van der Waals surface area contributed by atoms with E-state index in [1.807, 2.05) is 23.1 Å². The molecular formula is C14H24N2S2. The zero-order valence-electron chi connectivity index (χ0n) is 11.7. The van der Waals surface area contributed by atoms with Crippen LogP contribution in [0.3, 0.4) is 0 Å². The summed E-state index contributed by atoms with van der Waals surface area (Å²) in [6, 6.07) is 0.516. The Hall–Kier alpha value is -0.0600. The Labute approximate surface area is 119 Å². The molecule has 102 valence electrons. The smallest absolute Gasteiger partial charge is 0.103 e. The van der Waals surface area contributed by atoms with Crippen molar-refractivity contribution in [1.82, 2.24) is 10.3 Å². The lowest BCUT2D eigenvalue weighted by Crippen LogP contribution is -2.25. The Morgan fingerprint density at radius 2 is 2.33 bits per heavy atom. The van der Waals surface area contributed by atoms with E-state index in [1.54, 1.807) is 0 Å². The number of thiazole rings is 1. The normalized spacial score (nSPS) is 19.2. The van der Waals surface area contributed by atoms with Crippen LogP contribution in [0.2, 0.25) is 0 Å². The highest BCUT2D eigenvalue weighted by molar-refractivity contribution is 7.99. The maximum absolute atomic E-state index is 4.89. The number of thioether (sulfide) groups is 1. The van der Waals surface area contributed by atoms with Crippen molar-refractivity contribution in [2.75, 3.05) is 6.54 Å². The summed E-state index contributed by atoms with van der Waals surface area (Å²) in [6.07, 6.45) is 5.01. The molecule has 0 radical (unpaired) electrons. The molecule has 1 heterocycles. The van der Waals surface area contributed by atoms with Gasteiger partial charge < -0.3 is 5.32 Å². The Bertz CT molecular complexity index is 374. The predicted octanol–water partition coefficient (Wildman–Crippen LogP) is 4.16. The molecule has 1 aromatic heterocycles. The van der Waals surface area contributed by atoms with E-state index in [1.165, 1.54) is 41.3 Å². The summed E-state index contributed by atoms with van der Waals surface area (Å²) < 4.78 is 0. The van der Waals surface area contributed by atoms with Gasteiger partial charge in [0.1, 0.15) is 5.01 Å². The molecule has 1 N–H and O–H groups in total. The molecule has 2 nitrogen and oxygen atoms in total. The minimum atomic E-state index is 0.516. The highest BCUT2D eigenvalue weighted by Gasteiger charge is 2.23. The summed E-state index contributed by atoms with van der Waals surface area (Å²) in [5.41, 5.74) is 1.36. The Kier molecular flexibility index (Phi) is 5.52. The Balaban J connectivity index is 2.03. The van der Waals surface area contributed by atoms with Crippen LogP contribution < -0.4 is 5.32 Å². The SMILES string of the molecule is CCCNC1CCCc2sc(CSC(C)C)nc21. The lowest BCUT2D eigenvalue weighted by molar-refractivity contribution is 0.454. The summed E-state index contributed by atoms with van der Waals surface area (Å²) >= 11 is 3.94. The largest absolute Gasteiger partial charge is 0.309 e. The van der Waals surface area contributed by atoms with E-state index in [0.717, 1.165) is 12.3 Å². The number of aryl methyl sites for hydroxylation is 1. The van der Waals surface area contributed by atoms with Crippen molar-refractivity contribution in [2.24, 2.45) is 0 Å². The van der Waals surface area contributed by atoms with Crippen molar-refractivity contribution in [2.45, 2.75) is 63.5 Å². The molecule has 0 fully saturated rings. The van der Waals surface area contributed by atoms with Gasteiger partial charge in [0, 0.05) is 10.6 Å². The monoisotopic (exact) mass is 284 g/mol. The van der Waals surface area contributed by atoms with E-state index < -0.39 is 0 Å². The second-order valence-electron chi connectivity index (χ2n) is 5.17. The van der Waals surface area contributed by atoms with E-state index in [4.69, 9.17) is 4.98 Å². The number of rotatable bonds is 6. The maximum atomic E-state index is 4.89. The van der Waals surface area contributed by atoms with Crippen molar-refractivity contribution < 1.29 is 0 Å². The van der Waals surface area contributed by atoms with E-state index in [0.29, 0.717) is 11.3 Å². The van der Waals surface area contributed by atoms with Gasteiger partial charge in [-0.1, -0.05) is 20.8 Å². The highest BCUT2D eigenvalue weighted by atomic mass is 32.2. The van der Waals surface area contributed by atoms with Gasteiger partial charge in [0.25, 0.3) is 0 Å². The molecule has 0 amide bonds. The van der Waals surface area contributed by atoms with Crippen LogP contribution in [-0.2, 0) is 12.2 Å². The van der Waals surface area contributed by atoms with Crippen LogP contribution >= 0.6 is 23.1 Å². The molecule has 0 saturated carbocycles. The summed E-state index contributed by atoms with van der Waals surface area (Å²) in [7, 11) is 0. The van der Waals surface area contributed by atoms with Gasteiger partial charge in [-0.25, -0.2) is 4.98 Å². The zero-order chi connectivity index (χ0) is 13.0. The molecule has 0 aliphatic heterocycles. The second-order valence-corrected chi connectivity index (χ2v) is 7.91. The van der Waals surface area contributed by atoms with E-state index in [-0.39, 0.29) is 0 Å². The van der Waals surface area contributed by atoms with Crippen LogP contribution in [0.5, 0.6) is 0 Å². The van der Waals surface area contributed by atoms with Crippen molar-refractivity contribution >= 4 is 23.1 Å². The van der Waals surface area contributed by atoms with Gasteiger partial charge in [-0.15, -0.1) is 11.3 Å². The average molecular weight is 284 g/mol. The molecule has 2 rings (SSSR count). The minimum Gasteiger partial charge on any atom is -0.309 e. The van der Waals surface area contributed by atoms with Crippen molar-refractivity contribution in [3.05, 3.63) is 15.6 Å². The Morgan fingerprint density at radius 1 is 1.50 bits per heavy atom. The molecule has 0 bridgehead atoms. The highest BCUT2D eigenvalue weighted by Crippen LogP contribution is 2.34. The molecule has 1 unspecified atom stereocenters. The molecule has 0 aromatic carbocycles. The van der Waals surface area contributed by atoms with Gasteiger partial charge >= 0.3 is 0 Å². The summed E-state index contributed by atoms with van der Waals surface area (Å²) in [5, 5.41) is 5.66. The standard InChI is InChI=1S/C14H24N2S2/c1-4-8-15-11-6-5-7-12-14(11)16-13(18-12)9-17-10(2)3/h10-11,15H,4-9H2,1-3H3. The maximum Gasteiger partial charge on any atom is 0.103 e. The van der Waals surface area contributed by atoms with Crippen molar-refractivity contribution in [3.63, 3.8) is 0 Å². The predicted molar refractivity (Wildman–Crippen MR) is 82.5 cm³/mol. The van der Waals surface area contributed by atoms with Gasteiger partial charge in [0.2, 0.25) is 0 Å². The molecule has 18 heavy (non-hydrogen) atoms. The quantitative estimate of drug-likeness (QED) is 0.849. The van der Waals surface area contributed by atoms with Gasteiger partial charge in [0.15, 0.2) is 0 Å². The summed E-state index contributed by atoms with van der Waals surface area (Å²) in [5.74, 6) is 1.08. The number of nitrogens with one attached hydrogen (secondary N) is 1. The first-order valence-electron chi connectivity index (χ1n) is 7.04. The summed E-state index contributed by atoms with van der Waals surface area (Å²) in [4.78, 5) is 6.43. The first-order valence-corrected chi connectivity index (χ1v) is 8.90. The van der Waals surface area contributed by atoms with Crippen LogP contribution in [0.1, 0.15) is 61.7 Å². The lowest BCUT2D eigenvalue weighted by Gasteiger charge is -2.22. The van der Waals surface area contributed by atoms with E-state index in [2.05, 4.69) is 26.1 Å². The second kappa shape index (κ2) is 6.92. The molecule has 4 heteroatoms. The fraction of sp³-hybridized carbons (Fsp3) is 0.786. The molecule has 1 aliphatic carbocycles. The van der Waals surface area contributed by atoms with Gasteiger partial charge in [0.05, 0.1) is 11.7 Å². The summed E-state index contributed by atoms with van der Waals surface area (Å²) in [6.45, 7) is 7.84. The van der Waals surface area contributed by atoms with Crippen LogP contribution in [-0.4, -0.2) is 16.8 Å². The third kappa shape index (κ3) is 3.72. The van der Waals surface area contributed by atoms with Crippen LogP contribution in [0.4, 0.5) is 0 Å². The van der Waals surface area contributed by atoms with Crippen LogP contribution in [0.25, 0.3) is 0 Å². The van der Waals surface area contributed by atoms with E-state index in [9.17, 15) is 0 Å². The van der Waals surface area contributed by atoms with Gasteiger partial charge in [-0.2, -0.15) is 11.8 Å². The van der Waals surface area contributed by atoms with Crippen molar-refractivity contribution in [3.8, 4) is 0 Å². The number of aromatic nitrogens is 1. The average Bonchev–Trinajstić information content (AvgIpc) is 2.77. The number of fused-ring (bicyclic) bond motifs is 1. The molecule has 1 atom stereocenters. The molecule has 1 aromatic rings. The third-order valence-electron chi connectivity index (χ3n) is 3.18. The molecule has 1 aliphatic rings. The number of hydrogen-bond acceptors (Lipinski definition) is 4. The number of hydrogen-bond donors (Lipinski definition) is 1. The molecular weight excluding hydrogens is 260 g/mol. The topological polar surface area (TPSA) is 24.9 Å². The fourth-order valence-electron chi connectivity index (χ4n) is 2.29. The zero-order valence-corrected chi connectivity index (χ0v) is 13.3. The minimum absolute atomic E-state index is 0.516.